The molecule has 0 atom stereocenters. The van der Waals surface area contributed by atoms with Gasteiger partial charge in [0.05, 0.1) is 10.2 Å². The summed E-state index contributed by atoms with van der Waals surface area (Å²) in [6, 6.07) is 7.52. The van der Waals surface area contributed by atoms with Gasteiger partial charge in [0.2, 0.25) is 0 Å². The van der Waals surface area contributed by atoms with Crippen molar-refractivity contribution in [2.45, 2.75) is 15.5 Å². The zero-order chi connectivity index (χ0) is 15.0. The SMILES string of the molecule is FC(F)(F)c1ccc(Sc2nc3cc(Cl)ccc3s2)nn1. The van der Waals surface area contributed by atoms with Gasteiger partial charge in [0.15, 0.2) is 10.0 Å². The highest BCUT2D eigenvalue weighted by Gasteiger charge is 2.32. The van der Waals surface area contributed by atoms with Crippen molar-refractivity contribution in [1.29, 1.82) is 0 Å². The van der Waals surface area contributed by atoms with E-state index in [2.05, 4.69) is 15.2 Å². The number of aromatic nitrogens is 3. The van der Waals surface area contributed by atoms with Crippen LogP contribution in [0.3, 0.4) is 0 Å². The lowest BCUT2D eigenvalue weighted by atomic mass is 10.3. The minimum Gasteiger partial charge on any atom is -0.229 e. The van der Waals surface area contributed by atoms with E-state index >= 15 is 0 Å². The van der Waals surface area contributed by atoms with Crippen molar-refractivity contribution in [3.8, 4) is 0 Å². The molecule has 0 aliphatic carbocycles. The van der Waals surface area contributed by atoms with Crippen LogP contribution in [0.1, 0.15) is 5.69 Å². The van der Waals surface area contributed by atoms with Crippen molar-refractivity contribution in [3.05, 3.63) is 41.0 Å². The van der Waals surface area contributed by atoms with Crippen molar-refractivity contribution in [1.82, 2.24) is 15.2 Å². The summed E-state index contributed by atoms with van der Waals surface area (Å²) in [5, 5.41) is 7.67. The van der Waals surface area contributed by atoms with Crippen LogP contribution in [0, 0.1) is 0 Å². The first kappa shape index (κ1) is 14.6. The largest absolute Gasteiger partial charge is 0.435 e. The Morgan fingerprint density at radius 3 is 2.57 bits per heavy atom. The van der Waals surface area contributed by atoms with E-state index in [1.54, 1.807) is 12.1 Å². The Labute approximate surface area is 130 Å². The molecule has 0 bridgehead atoms. The van der Waals surface area contributed by atoms with Crippen LogP contribution in [0.2, 0.25) is 5.02 Å². The van der Waals surface area contributed by atoms with Gasteiger partial charge in [0.25, 0.3) is 0 Å². The Morgan fingerprint density at radius 2 is 1.90 bits per heavy atom. The molecule has 0 spiro atoms. The average molecular weight is 348 g/mol. The van der Waals surface area contributed by atoms with Crippen molar-refractivity contribution < 1.29 is 13.2 Å². The maximum Gasteiger partial charge on any atom is 0.435 e. The quantitative estimate of drug-likeness (QED) is 0.660. The number of hydrogen-bond acceptors (Lipinski definition) is 5. The standard InChI is InChI=1S/C12H5ClF3N3S2/c13-6-1-2-8-7(5-6)17-11(20-8)21-10-4-3-9(18-19-10)12(14,15)16/h1-5H. The first-order chi connectivity index (χ1) is 9.91. The molecule has 0 radical (unpaired) electrons. The molecule has 2 heterocycles. The number of fused-ring (bicyclic) bond motifs is 1. The van der Waals surface area contributed by atoms with Crippen LogP contribution in [0.4, 0.5) is 13.2 Å². The predicted molar refractivity (Wildman–Crippen MR) is 75.8 cm³/mol. The summed E-state index contributed by atoms with van der Waals surface area (Å²) in [4.78, 5) is 4.35. The lowest BCUT2D eigenvalue weighted by Crippen LogP contribution is -2.08. The normalized spacial score (nSPS) is 12.0. The Hall–Kier alpha value is -1.38. The van der Waals surface area contributed by atoms with Gasteiger partial charge in [-0.05, 0) is 42.1 Å². The Morgan fingerprint density at radius 1 is 1.10 bits per heavy atom. The van der Waals surface area contributed by atoms with Gasteiger partial charge < -0.3 is 0 Å². The molecule has 0 aliphatic heterocycles. The first-order valence-electron chi connectivity index (χ1n) is 5.57. The van der Waals surface area contributed by atoms with E-state index < -0.39 is 11.9 Å². The lowest BCUT2D eigenvalue weighted by molar-refractivity contribution is -0.141. The van der Waals surface area contributed by atoms with Gasteiger partial charge in [-0.3, -0.25) is 0 Å². The number of halogens is 4. The van der Waals surface area contributed by atoms with Crippen molar-refractivity contribution in [2.24, 2.45) is 0 Å². The maximum atomic E-state index is 12.4. The van der Waals surface area contributed by atoms with Crippen LogP contribution in [0.15, 0.2) is 39.7 Å². The van der Waals surface area contributed by atoms with Gasteiger partial charge in [-0.25, -0.2) is 4.98 Å². The van der Waals surface area contributed by atoms with E-state index in [0.29, 0.717) is 14.4 Å². The third-order valence-electron chi connectivity index (χ3n) is 2.45. The molecule has 21 heavy (non-hydrogen) atoms. The number of thiazole rings is 1. The molecule has 0 N–H and O–H groups in total. The van der Waals surface area contributed by atoms with Crippen molar-refractivity contribution >= 4 is 44.9 Å². The molecular weight excluding hydrogens is 343 g/mol. The van der Waals surface area contributed by atoms with Crippen LogP contribution in [0.25, 0.3) is 10.2 Å². The highest BCUT2D eigenvalue weighted by atomic mass is 35.5. The second-order valence-corrected chi connectivity index (χ2v) is 6.68. The Balaban J connectivity index is 1.84. The second-order valence-electron chi connectivity index (χ2n) is 3.95. The average Bonchev–Trinajstić information content (AvgIpc) is 2.79. The molecule has 3 rings (SSSR count). The molecule has 2 aromatic heterocycles. The number of nitrogens with zero attached hydrogens (tertiary/aromatic N) is 3. The van der Waals surface area contributed by atoms with Gasteiger partial charge in [0.1, 0.15) is 5.03 Å². The fourth-order valence-corrected chi connectivity index (χ4v) is 3.61. The van der Waals surface area contributed by atoms with Crippen LogP contribution in [-0.4, -0.2) is 15.2 Å². The molecular formula is C12H5ClF3N3S2. The van der Waals surface area contributed by atoms with Gasteiger partial charge in [-0.2, -0.15) is 13.2 Å². The molecule has 0 fully saturated rings. The lowest BCUT2D eigenvalue weighted by Gasteiger charge is -2.04. The summed E-state index contributed by atoms with van der Waals surface area (Å²) < 4.78 is 38.8. The molecule has 1 aromatic carbocycles. The summed E-state index contributed by atoms with van der Waals surface area (Å²) >= 11 is 8.45. The third-order valence-corrected chi connectivity index (χ3v) is 4.71. The van der Waals surface area contributed by atoms with Gasteiger partial charge in [0, 0.05) is 5.02 Å². The van der Waals surface area contributed by atoms with E-state index in [-0.39, 0.29) is 0 Å². The van der Waals surface area contributed by atoms with E-state index in [1.807, 2.05) is 6.07 Å². The summed E-state index contributed by atoms with van der Waals surface area (Å²) in [5.74, 6) is 0. The van der Waals surface area contributed by atoms with Gasteiger partial charge in [-0.15, -0.1) is 21.5 Å². The molecule has 108 valence electrons. The molecule has 9 heteroatoms. The molecule has 3 aromatic rings. The zero-order valence-electron chi connectivity index (χ0n) is 10.1. The minimum atomic E-state index is -4.48. The molecule has 0 saturated carbocycles. The fourth-order valence-electron chi connectivity index (χ4n) is 1.54. The molecule has 0 saturated heterocycles. The predicted octanol–water partition coefficient (Wildman–Crippen LogP) is 4.91. The monoisotopic (exact) mass is 347 g/mol. The Bertz CT molecular complexity index is 787. The summed E-state index contributed by atoms with van der Waals surface area (Å²) in [5.41, 5.74) is -0.266. The smallest absolute Gasteiger partial charge is 0.229 e. The van der Waals surface area contributed by atoms with Gasteiger partial charge >= 0.3 is 6.18 Å². The van der Waals surface area contributed by atoms with E-state index in [9.17, 15) is 13.2 Å². The number of rotatable bonds is 2. The van der Waals surface area contributed by atoms with Crippen LogP contribution < -0.4 is 0 Å². The number of alkyl halides is 3. The van der Waals surface area contributed by atoms with Crippen molar-refractivity contribution in [3.63, 3.8) is 0 Å². The summed E-state index contributed by atoms with van der Waals surface area (Å²) in [6.07, 6.45) is -4.48. The van der Waals surface area contributed by atoms with Crippen LogP contribution in [-0.2, 0) is 6.18 Å². The highest BCUT2D eigenvalue weighted by molar-refractivity contribution is 8.01. The minimum absolute atomic E-state index is 0.355. The highest BCUT2D eigenvalue weighted by Crippen LogP contribution is 2.35. The summed E-state index contributed by atoms with van der Waals surface area (Å²) in [7, 11) is 0. The number of hydrogen-bond donors (Lipinski definition) is 0. The molecule has 0 aliphatic rings. The fraction of sp³-hybridized carbons (Fsp3) is 0.0833. The second kappa shape index (κ2) is 5.43. The maximum absolute atomic E-state index is 12.4. The van der Waals surface area contributed by atoms with Crippen LogP contribution in [0.5, 0.6) is 0 Å². The van der Waals surface area contributed by atoms with E-state index in [1.165, 1.54) is 17.4 Å². The zero-order valence-corrected chi connectivity index (χ0v) is 12.4. The van der Waals surface area contributed by atoms with Crippen molar-refractivity contribution in [2.75, 3.05) is 0 Å². The molecule has 3 nitrogen and oxygen atoms in total. The molecule has 0 unspecified atom stereocenters. The van der Waals surface area contributed by atoms with E-state index in [4.69, 9.17) is 11.6 Å². The Kier molecular flexibility index (Phi) is 3.76. The number of benzene rings is 1. The first-order valence-corrected chi connectivity index (χ1v) is 7.58. The third kappa shape index (κ3) is 3.28. The summed E-state index contributed by atoms with van der Waals surface area (Å²) in [6.45, 7) is 0. The molecule has 0 amide bonds. The topological polar surface area (TPSA) is 38.7 Å². The van der Waals surface area contributed by atoms with E-state index in [0.717, 1.165) is 28.0 Å². The van der Waals surface area contributed by atoms with Gasteiger partial charge in [-0.1, -0.05) is 11.6 Å². The van der Waals surface area contributed by atoms with Crippen LogP contribution >= 0.6 is 34.7 Å².